The summed E-state index contributed by atoms with van der Waals surface area (Å²) in [5.74, 6) is 0.681. The second-order valence-corrected chi connectivity index (χ2v) is 8.50. The molecule has 1 aliphatic heterocycles. The van der Waals surface area contributed by atoms with Gasteiger partial charge in [0.2, 0.25) is 0 Å². The first-order valence-corrected chi connectivity index (χ1v) is 8.55. The molecule has 0 aromatic carbocycles. The fourth-order valence-electron chi connectivity index (χ4n) is 3.80. The van der Waals surface area contributed by atoms with Gasteiger partial charge in [0.25, 0.3) is 0 Å². The predicted molar refractivity (Wildman–Crippen MR) is 72.1 cm³/mol. The van der Waals surface area contributed by atoms with Gasteiger partial charge in [-0.15, -0.1) is 0 Å². The summed E-state index contributed by atoms with van der Waals surface area (Å²) in [7, 11) is -3.18. The standard InChI is InChI=1S/C13H25NO3S/c1-8-6-9(2)13(11(14)7-8)18(15,16)12-4-5-17-10(12)3/h8-13H,4-7,14H2,1-3H3. The molecule has 1 saturated carbocycles. The van der Waals surface area contributed by atoms with Gasteiger partial charge in [0.1, 0.15) is 0 Å². The molecule has 1 aliphatic carbocycles. The zero-order valence-corrected chi connectivity index (χ0v) is 12.3. The number of nitrogens with two attached hydrogens (primary N) is 1. The highest BCUT2D eigenvalue weighted by Gasteiger charge is 2.47. The van der Waals surface area contributed by atoms with E-state index in [-0.39, 0.29) is 28.6 Å². The lowest BCUT2D eigenvalue weighted by atomic mass is 9.80. The molecule has 0 radical (unpaired) electrons. The van der Waals surface area contributed by atoms with Crippen LogP contribution in [0.4, 0.5) is 0 Å². The van der Waals surface area contributed by atoms with Gasteiger partial charge in [-0.2, -0.15) is 0 Å². The van der Waals surface area contributed by atoms with Crippen molar-refractivity contribution in [3.63, 3.8) is 0 Å². The van der Waals surface area contributed by atoms with Crippen LogP contribution in [-0.2, 0) is 14.6 Å². The summed E-state index contributed by atoms with van der Waals surface area (Å²) in [5, 5.41) is -0.743. The summed E-state index contributed by atoms with van der Waals surface area (Å²) >= 11 is 0. The van der Waals surface area contributed by atoms with Gasteiger partial charge < -0.3 is 10.5 Å². The molecule has 1 saturated heterocycles. The fourth-order valence-corrected chi connectivity index (χ4v) is 6.60. The Hall–Kier alpha value is -0.130. The monoisotopic (exact) mass is 275 g/mol. The second kappa shape index (κ2) is 5.10. The van der Waals surface area contributed by atoms with E-state index in [1.54, 1.807) is 0 Å². The first-order valence-electron chi connectivity index (χ1n) is 6.94. The first-order chi connectivity index (χ1) is 8.34. The van der Waals surface area contributed by atoms with Crippen LogP contribution in [0.5, 0.6) is 0 Å². The van der Waals surface area contributed by atoms with Gasteiger partial charge in [0, 0.05) is 12.6 Å². The Morgan fingerprint density at radius 3 is 2.33 bits per heavy atom. The van der Waals surface area contributed by atoms with Crippen LogP contribution in [0.2, 0.25) is 0 Å². The quantitative estimate of drug-likeness (QED) is 0.825. The molecule has 0 bridgehead atoms. The molecule has 2 N–H and O–H groups in total. The normalized spacial score (nSPS) is 46.2. The Kier molecular flexibility index (Phi) is 4.04. The van der Waals surface area contributed by atoms with Crippen LogP contribution in [0.1, 0.15) is 40.0 Å². The zero-order valence-electron chi connectivity index (χ0n) is 11.5. The number of hydrogen-bond donors (Lipinski definition) is 1. The molecule has 6 unspecified atom stereocenters. The van der Waals surface area contributed by atoms with Crippen LogP contribution in [0, 0.1) is 11.8 Å². The largest absolute Gasteiger partial charge is 0.377 e. The average molecular weight is 275 g/mol. The van der Waals surface area contributed by atoms with E-state index in [1.165, 1.54) is 0 Å². The minimum Gasteiger partial charge on any atom is -0.377 e. The summed E-state index contributed by atoms with van der Waals surface area (Å²) in [6.45, 7) is 6.59. The van der Waals surface area contributed by atoms with Gasteiger partial charge in [0.15, 0.2) is 9.84 Å². The molecule has 6 atom stereocenters. The molecular weight excluding hydrogens is 250 g/mol. The number of hydrogen-bond acceptors (Lipinski definition) is 4. The summed E-state index contributed by atoms with van der Waals surface area (Å²) in [4.78, 5) is 0. The molecule has 106 valence electrons. The minimum absolute atomic E-state index is 0.154. The van der Waals surface area contributed by atoms with Gasteiger partial charge in [-0.05, 0) is 38.0 Å². The third-order valence-electron chi connectivity index (χ3n) is 4.54. The van der Waals surface area contributed by atoms with E-state index in [9.17, 15) is 8.42 Å². The molecule has 0 amide bonds. The van der Waals surface area contributed by atoms with E-state index in [2.05, 4.69) is 6.92 Å². The summed E-state index contributed by atoms with van der Waals surface area (Å²) in [6.07, 6.45) is 2.21. The lowest BCUT2D eigenvalue weighted by Gasteiger charge is -2.38. The van der Waals surface area contributed by atoms with Crippen LogP contribution in [0.25, 0.3) is 0 Å². The van der Waals surface area contributed by atoms with Crippen LogP contribution >= 0.6 is 0 Å². The van der Waals surface area contributed by atoms with E-state index >= 15 is 0 Å². The maximum Gasteiger partial charge on any atom is 0.160 e. The maximum atomic E-state index is 12.8. The maximum absolute atomic E-state index is 12.8. The SMILES string of the molecule is CC1CC(C)C(S(=O)(=O)C2CCOC2C)C(N)C1. The van der Waals surface area contributed by atoms with Crippen molar-refractivity contribution in [1.29, 1.82) is 0 Å². The van der Waals surface area contributed by atoms with Crippen LogP contribution in [0.15, 0.2) is 0 Å². The van der Waals surface area contributed by atoms with Gasteiger partial charge in [0.05, 0.1) is 16.6 Å². The molecule has 18 heavy (non-hydrogen) atoms. The summed E-state index contributed by atoms with van der Waals surface area (Å²) < 4.78 is 30.9. The summed E-state index contributed by atoms with van der Waals surface area (Å²) in [5.41, 5.74) is 6.14. The average Bonchev–Trinajstić information content (AvgIpc) is 2.62. The van der Waals surface area contributed by atoms with E-state index < -0.39 is 9.84 Å². The van der Waals surface area contributed by atoms with Gasteiger partial charge >= 0.3 is 0 Å². The lowest BCUT2D eigenvalue weighted by molar-refractivity contribution is 0.126. The van der Waals surface area contributed by atoms with Crippen molar-refractivity contribution in [3.05, 3.63) is 0 Å². The van der Waals surface area contributed by atoms with Gasteiger partial charge in [-0.3, -0.25) is 0 Å². The Morgan fingerprint density at radius 1 is 1.17 bits per heavy atom. The van der Waals surface area contributed by atoms with Crippen molar-refractivity contribution in [2.45, 2.75) is 62.7 Å². The molecular formula is C13H25NO3S. The van der Waals surface area contributed by atoms with Crippen LogP contribution < -0.4 is 5.73 Å². The van der Waals surface area contributed by atoms with Gasteiger partial charge in [-0.25, -0.2) is 8.42 Å². The predicted octanol–water partition coefficient (Wildman–Crippen LogP) is 1.34. The highest BCUT2D eigenvalue weighted by Crippen LogP contribution is 2.36. The Labute approximate surface area is 110 Å². The summed E-state index contributed by atoms with van der Waals surface area (Å²) in [6, 6.07) is -0.221. The van der Waals surface area contributed by atoms with Crippen LogP contribution in [0.3, 0.4) is 0 Å². The zero-order chi connectivity index (χ0) is 13.5. The second-order valence-electron chi connectivity index (χ2n) is 6.17. The third-order valence-corrected chi connectivity index (χ3v) is 7.58. The van der Waals surface area contributed by atoms with Crippen molar-refractivity contribution in [1.82, 2.24) is 0 Å². The molecule has 4 nitrogen and oxygen atoms in total. The molecule has 0 aromatic rings. The number of rotatable bonds is 2. The highest BCUT2D eigenvalue weighted by molar-refractivity contribution is 7.92. The van der Waals surface area contributed by atoms with Crippen molar-refractivity contribution < 1.29 is 13.2 Å². The minimum atomic E-state index is -3.18. The van der Waals surface area contributed by atoms with Crippen molar-refractivity contribution >= 4 is 9.84 Å². The number of ether oxygens (including phenoxy) is 1. The number of sulfone groups is 1. The van der Waals surface area contributed by atoms with E-state index in [4.69, 9.17) is 10.5 Å². The van der Waals surface area contributed by atoms with Crippen molar-refractivity contribution in [3.8, 4) is 0 Å². The van der Waals surface area contributed by atoms with Gasteiger partial charge in [-0.1, -0.05) is 13.8 Å². The smallest absolute Gasteiger partial charge is 0.160 e. The Morgan fingerprint density at radius 2 is 1.83 bits per heavy atom. The molecule has 1 heterocycles. The molecule has 2 rings (SSSR count). The van der Waals surface area contributed by atoms with Crippen LogP contribution in [-0.4, -0.2) is 37.7 Å². The van der Waals surface area contributed by atoms with E-state index in [0.29, 0.717) is 18.9 Å². The fraction of sp³-hybridized carbons (Fsp3) is 1.00. The third kappa shape index (κ3) is 2.45. The highest BCUT2D eigenvalue weighted by atomic mass is 32.2. The van der Waals surface area contributed by atoms with Crippen molar-refractivity contribution in [2.24, 2.45) is 17.6 Å². The van der Waals surface area contributed by atoms with E-state index in [0.717, 1.165) is 12.8 Å². The Balaban J connectivity index is 2.23. The topological polar surface area (TPSA) is 69.4 Å². The van der Waals surface area contributed by atoms with E-state index in [1.807, 2.05) is 13.8 Å². The molecule has 0 spiro atoms. The molecule has 5 heteroatoms. The van der Waals surface area contributed by atoms with Crippen molar-refractivity contribution in [2.75, 3.05) is 6.61 Å². The molecule has 0 aromatic heterocycles. The molecule has 2 fully saturated rings. The molecule has 2 aliphatic rings. The first kappa shape index (κ1) is 14.3. The Bertz CT molecular complexity index is 383. The lowest BCUT2D eigenvalue weighted by Crippen LogP contribution is -2.53.